The van der Waals surface area contributed by atoms with Gasteiger partial charge in [-0.1, -0.05) is 35.9 Å². The zero-order valence-electron chi connectivity index (χ0n) is 16.6. The summed E-state index contributed by atoms with van der Waals surface area (Å²) in [5.41, 5.74) is 4.29. The molecule has 0 aromatic heterocycles. The lowest BCUT2D eigenvalue weighted by Crippen LogP contribution is -2.18. The van der Waals surface area contributed by atoms with E-state index in [1.807, 2.05) is 6.92 Å². The number of nitrogens with one attached hydrogen (secondary N) is 1. The Bertz CT molecular complexity index is 1090. The van der Waals surface area contributed by atoms with Gasteiger partial charge in [-0.2, -0.15) is 5.10 Å². The molecule has 3 aromatic carbocycles. The molecule has 0 saturated heterocycles. The summed E-state index contributed by atoms with van der Waals surface area (Å²) in [6.45, 7) is 2.56. The summed E-state index contributed by atoms with van der Waals surface area (Å²) in [4.78, 5) is 12.2. The molecule has 0 radical (unpaired) electrons. The van der Waals surface area contributed by atoms with E-state index in [0.717, 1.165) is 5.56 Å². The van der Waals surface area contributed by atoms with Gasteiger partial charge < -0.3 is 9.47 Å². The van der Waals surface area contributed by atoms with Crippen molar-refractivity contribution in [2.24, 2.45) is 5.10 Å². The summed E-state index contributed by atoms with van der Waals surface area (Å²) in [5.74, 6) is 0.330. The third-order valence-electron chi connectivity index (χ3n) is 4.16. The molecule has 0 atom stereocenters. The normalized spacial score (nSPS) is 10.8. The van der Waals surface area contributed by atoms with Crippen molar-refractivity contribution in [1.82, 2.24) is 5.43 Å². The van der Waals surface area contributed by atoms with Crippen LogP contribution in [0.25, 0.3) is 0 Å². The topological polar surface area (TPSA) is 59.9 Å². The van der Waals surface area contributed by atoms with Crippen LogP contribution in [-0.4, -0.2) is 18.7 Å². The smallest absolute Gasteiger partial charge is 0.272 e. The molecule has 160 valence electrons. The van der Waals surface area contributed by atoms with Crippen molar-refractivity contribution in [1.29, 1.82) is 0 Å². The van der Waals surface area contributed by atoms with Crippen molar-refractivity contribution in [2.75, 3.05) is 6.61 Å². The number of benzene rings is 3. The van der Waals surface area contributed by atoms with Gasteiger partial charge >= 0.3 is 0 Å². The molecule has 0 spiro atoms. The Hall–Kier alpha value is -2.90. The molecular formula is C23H19BrClFN2O3. The fraction of sp³-hybridized carbons (Fsp3) is 0.130. The van der Waals surface area contributed by atoms with E-state index in [-0.39, 0.29) is 12.4 Å². The maximum atomic E-state index is 13.1. The number of hydrogen-bond donors (Lipinski definition) is 1. The van der Waals surface area contributed by atoms with Crippen LogP contribution in [0.5, 0.6) is 11.5 Å². The van der Waals surface area contributed by atoms with Gasteiger partial charge in [-0.15, -0.1) is 0 Å². The van der Waals surface area contributed by atoms with Gasteiger partial charge in [-0.05, 0) is 64.8 Å². The average Bonchev–Trinajstić information content (AvgIpc) is 2.76. The molecule has 3 rings (SSSR count). The summed E-state index contributed by atoms with van der Waals surface area (Å²) in [7, 11) is 0. The standard InChI is InChI=1S/C23H19BrClFN2O3/c1-2-30-21-11-16(13-27-28-23(29)18-5-3-4-6-20(18)25)19(24)12-22(21)31-14-15-7-9-17(26)10-8-15/h3-13H,2,14H2,1H3,(H,28,29)/b27-13-. The molecule has 31 heavy (non-hydrogen) atoms. The monoisotopic (exact) mass is 504 g/mol. The largest absolute Gasteiger partial charge is 0.490 e. The Morgan fingerprint density at radius 2 is 1.84 bits per heavy atom. The number of ether oxygens (including phenoxy) is 2. The summed E-state index contributed by atoms with van der Waals surface area (Å²) >= 11 is 9.51. The lowest BCUT2D eigenvalue weighted by atomic mass is 10.2. The van der Waals surface area contributed by atoms with E-state index in [1.165, 1.54) is 18.3 Å². The Kier molecular flexibility index (Phi) is 8.03. The number of halogens is 3. The molecule has 5 nitrogen and oxygen atoms in total. The van der Waals surface area contributed by atoms with E-state index < -0.39 is 5.91 Å². The lowest BCUT2D eigenvalue weighted by molar-refractivity contribution is 0.0955. The lowest BCUT2D eigenvalue weighted by Gasteiger charge is -2.14. The van der Waals surface area contributed by atoms with E-state index in [9.17, 15) is 9.18 Å². The first-order valence-corrected chi connectivity index (χ1v) is 10.6. The van der Waals surface area contributed by atoms with Crippen molar-refractivity contribution in [3.05, 3.63) is 92.7 Å². The second kappa shape index (κ2) is 10.9. The number of amides is 1. The van der Waals surface area contributed by atoms with E-state index in [1.54, 1.807) is 48.5 Å². The molecule has 8 heteroatoms. The highest BCUT2D eigenvalue weighted by Gasteiger charge is 2.12. The maximum absolute atomic E-state index is 13.1. The summed E-state index contributed by atoms with van der Waals surface area (Å²) < 4.78 is 25.3. The van der Waals surface area contributed by atoms with Crippen LogP contribution in [0.1, 0.15) is 28.4 Å². The van der Waals surface area contributed by atoms with Crippen LogP contribution in [0.3, 0.4) is 0 Å². The van der Waals surface area contributed by atoms with Crippen LogP contribution in [0.2, 0.25) is 5.02 Å². The van der Waals surface area contributed by atoms with Gasteiger partial charge in [-0.25, -0.2) is 9.82 Å². The molecule has 0 aliphatic heterocycles. The van der Waals surface area contributed by atoms with Crippen LogP contribution in [-0.2, 0) is 6.61 Å². The Balaban J connectivity index is 1.73. The molecule has 0 unspecified atom stereocenters. The first kappa shape index (κ1) is 22.8. The quantitative estimate of drug-likeness (QED) is 0.302. The maximum Gasteiger partial charge on any atom is 0.272 e. The van der Waals surface area contributed by atoms with Crippen LogP contribution >= 0.6 is 27.5 Å². The number of hydrogen-bond acceptors (Lipinski definition) is 4. The molecule has 0 heterocycles. The van der Waals surface area contributed by atoms with Crippen molar-refractivity contribution >= 4 is 39.7 Å². The highest BCUT2D eigenvalue weighted by Crippen LogP contribution is 2.34. The van der Waals surface area contributed by atoms with E-state index in [2.05, 4.69) is 26.5 Å². The minimum atomic E-state index is -0.415. The van der Waals surface area contributed by atoms with Gasteiger partial charge in [0.05, 0.1) is 23.4 Å². The second-order valence-electron chi connectivity index (χ2n) is 6.35. The minimum Gasteiger partial charge on any atom is -0.490 e. The number of carbonyl (C=O) groups excluding carboxylic acids is 1. The number of rotatable bonds is 8. The Morgan fingerprint density at radius 3 is 2.55 bits per heavy atom. The molecule has 3 aromatic rings. The van der Waals surface area contributed by atoms with Crippen LogP contribution in [0, 0.1) is 5.82 Å². The fourth-order valence-corrected chi connectivity index (χ4v) is 3.28. The molecule has 0 aliphatic carbocycles. The first-order chi connectivity index (χ1) is 15.0. The van der Waals surface area contributed by atoms with Gasteiger partial charge in [-0.3, -0.25) is 4.79 Å². The van der Waals surface area contributed by atoms with Crippen molar-refractivity contribution in [2.45, 2.75) is 13.5 Å². The van der Waals surface area contributed by atoms with Crippen LogP contribution in [0.15, 0.2) is 70.2 Å². The summed E-state index contributed by atoms with van der Waals surface area (Å²) in [6.07, 6.45) is 1.49. The number of nitrogens with zero attached hydrogens (tertiary/aromatic N) is 1. The number of hydrazone groups is 1. The molecule has 0 saturated carbocycles. The predicted molar refractivity (Wildman–Crippen MR) is 123 cm³/mol. The fourth-order valence-electron chi connectivity index (χ4n) is 2.64. The van der Waals surface area contributed by atoms with Crippen molar-refractivity contribution in [3.63, 3.8) is 0 Å². The highest BCUT2D eigenvalue weighted by atomic mass is 79.9. The van der Waals surface area contributed by atoms with Gasteiger partial charge in [0.1, 0.15) is 12.4 Å². The van der Waals surface area contributed by atoms with E-state index in [4.69, 9.17) is 21.1 Å². The summed E-state index contributed by atoms with van der Waals surface area (Å²) in [5, 5.41) is 4.35. The predicted octanol–water partition coefficient (Wildman–Crippen LogP) is 5.98. The summed E-state index contributed by atoms with van der Waals surface area (Å²) in [6, 6.07) is 16.3. The molecule has 0 aliphatic rings. The molecule has 1 N–H and O–H groups in total. The third kappa shape index (κ3) is 6.29. The van der Waals surface area contributed by atoms with E-state index >= 15 is 0 Å². The van der Waals surface area contributed by atoms with Gasteiger partial charge in [0, 0.05) is 10.0 Å². The Morgan fingerprint density at radius 1 is 1.13 bits per heavy atom. The van der Waals surface area contributed by atoms with Crippen LogP contribution in [0.4, 0.5) is 4.39 Å². The second-order valence-corrected chi connectivity index (χ2v) is 7.61. The van der Waals surface area contributed by atoms with E-state index in [0.29, 0.717) is 38.7 Å². The zero-order valence-corrected chi connectivity index (χ0v) is 18.9. The molecule has 0 bridgehead atoms. The Labute approximate surface area is 193 Å². The number of carbonyl (C=O) groups is 1. The van der Waals surface area contributed by atoms with Crippen molar-refractivity contribution < 1.29 is 18.7 Å². The molecule has 1 amide bonds. The van der Waals surface area contributed by atoms with Gasteiger partial charge in [0.2, 0.25) is 0 Å². The highest BCUT2D eigenvalue weighted by molar-refractivity contribution is 9.10. The average molecular weight is 506 g/mol. The zero-order chi connectivity index (χ0) is 22.2. The third-order valence-corrected chi connectivity index (χ3v) is 5.18. The first-order valence-electron chi connectivity index (χ1n) is 9.39. The SMILES string of the molecule is CCOc1cc(/C=N\NC(=O)c2ccccc2Cl)c(Br)cc1OCc1ccc(F)cc1. The van der Waals surface area contributed by atoms with Gasteiger partial charge in [0.15, 0.2) is 11.5 Å². The van der Waals surface area contributed by atoms with Crippen LogP contribution < -0.4 is 14.9 Å². The molecular weight excluding hydrogens is 487 g/mol. The van der Waals surface area contributed by atoms with Crippen molar-refractivity contribution in [3.8, 4) is 11.5 Å². The molecule has 0 fully saturated rings. The minimum absolute atomic E-state index is 0.258. The van der Waals surface area contributed by atoms with Gasteiger partial charge in [0.25, 0.3) is 5.91 Å².